The fourth-order valence-corrected chi connectivity index (χ4v) is 2.95. The van der Waals surface area contributed by atoms with E-state index in [1.54, 1.807) is 25.3 Å². The van der Waals surface area contributed by atoms with E-state index in [4.69, 9.17) is 0 Å². The molecule has 3 heteroatoms. The standard InChI is InChI=1S/C20H18FNO/c1-20(23,16-10-7-11-17(21)14-16)19(15-8-3-2-4-9-15)18-12-5-6-13-22-18/h2-14,19,23H,1H3/t19-,20+/m1/s1. The highest BCUT2D eigenvalue weighted by Gasteiger charge is 2.37. The van der Waals surface area contributed by atoms with Crippen molar-refractivity contribution in [2.24, 2.45) is 0 Å². The Morgan fingerprint density at radius 3 is 2.35 bits per heavy atom. The van der Waals surface area contributed by atoms with Gasteiger partial charge in [0.05, 0.1) is 17.2 Å². The van der Waals surface area contributed by atoms with Crippen LogP contribution in [0.2, 0.25) is 0 Å². The van der Waals surface area contributed by atoms with Gasteiger partial charge in [-0.25, -0.2) is 4.39 Å². The summed E-state index contributed by atoms with van der Waals surface area (Å²) < 4.78 is 13.6. The Labute approximate surface area is 135 Å². The Morgan fingerprint density at radius 2 is 1.70 bits per heavy atom. The second-order valence-electron chi connectivity index (χ2n) is 5.76. The summed E-state index contributed by atoms with van der Waals surface area (Å²) in [7, 11) is 0. The van der Waals surface area contributed by atoms with Gasteiger partial charge in [-0.2, -0.15) is 0 Å². The number of rotatable bonds is 4. The van der Waals surface area contributed by atoms with Gasteiger partial charge in [-0.1, -0.05) is 48.5 Å². The highest BCUT2D eigenvalue weighted by atomic mass is 19.1. The Balaban J connectivity index is 2.15. The van der Waals surface area contributed by atoms with Gasteiger partial charge in [-0.3, -0.25) is 4.98 Å². The van der Waals surface area contributed by atoms with Crippen LogP contribution < -0.4 is 0 Å². The molecule has 0 bridgehead atoms. The summed E-state index contributed by atoms with van der Waals surface area (Å²) in [4.78, 5) is 4.42. The molecule has 3 rings (SSSR count). The van der Waals surface area contributed by atoms with E-state index in [0.29, 0.717) is 5.56 Å². The van der Waals surface area contributed by atoms with Gasteiger partial charge in [0.1, 0.15) is 5.82 Å². The number of nitrogens with zero attached hydrogens (tertiary/aromatic N) is 1. The molecule has 3 aromatic rings. The van der Waals surface area contributed by atoms with Crippen LogP contribution in [0.25, 0.3) is 0 Å². The Bertz CT molecular complexity index is 732. The summed E-state index contributed by atoms with van der Waals surface area (Å²) in [6, 6.07) is 21.4. The second-order valence-corrected chi connectivity index (χ2v) is 5.76. The van der Waals surface area contributed by atoms with Crippen LogP contribution in [0.3, 0.4) is 0 Å². The maximum absolute atomic E-state index is 13.6. The summed E-state index contributed by atoms with van der Waals surface area (Å²) in [5, 5.41) is 11.3. The first-order valence-electron chi connectivity index (χ1n) is 7.53. The minimum Gasteiger partial charge on any atom is -0.384 e. The number of benzene rings is 2. The first-order valence-corrected chi connectivity index (χ1v) is 7.53. The van der Waals surface area contributed by atoms with Crippen molar-refractivity contribution < 1.29 is 9.50 Å². The molecule has 1 N–H and O–H groups in total. The first-order chi connectivity index (χ1) is 11.1. The van der Waals surface area contributed by atoms with Gasteiger partial charge < -0.3 is 5.11 Å². The van der Waals surface area contributed by atoms with Crippen molar-refractivity contribution in [1.82, 2.24) is 4.98 Å². The molecule has 1 aromatic heterocycles. The van der Waals surface area contributed by atoms with E-state index in [1.165, 1.54) is 12.1 Å². The quantitative estimate of drug-likeness (QED) is 0.781. The molecular formula is C20H18FNO. The van der Waals surface area contributed by atoms with Gasteiger partial charge in [-0.05, 0) is 42.3 Å². The van der Waals surface area contributed by atoms with Crippen LogP contribution in [0, 0.1) is 5.82 Å². The van der Waals surface area contributed by atoms with Crippen molar-refractivity contribution >= 4 is 0 Å². The molecule has 0 saturated carbocycles. The molecular weight excluding hydrogens is 289 g/mol. The molecule has 0 aliphatic carbocycles. The molecule has 2 aromatic carbocycles. The molecule has 0 aliphatic heterocycles. The molecule has 0 unspecified atom stereocenters. The highest BCUT2D eigenvalue weighted by molar-refractivity contribution is 5.37. The first kappa shape index (κ1) is 15.4. The van der Waals surface area contributed by atoms with Gasteiger partial charge in [0, 0.05) is 6.20 Å². The molecule has 0 radical (unpaired) electrons. The number of hydrogen-bond acceptors (Lipinski definition) is 2. The average Bonchev–Trinajstić information content (AvgIpc) is 2.57. The molecule has 0 amide bonds. The van der Waals surface area contributed by atoms with Gasteiger partial charge in [0.25, 0.3) is 0 Å². The lowest BCUT2D eigenvalue weighted by molar-refractivity contribution is 0.0377. The van der Waals surface area contributed by atoms with Crippen molar-refractivity contribution in [2.45, 2.75) is 18.4 Å². The third-order valence-electron chi connectivity index (χ3n) is 4.09. The van der Waals surface area contributed by atoms with E-state index in [-0.39, 0.29) is 5.82 Å². The van der Waals surface area contributed by atoms with Gasteiger partial charge in [-0.15, -0.1) is 0 Å². The summed E-state index contributed by atoms with van der Waals surface area (Å²) in [5.41, 5.74) is 0.906. The number of hydrogen-bond donors (Lipinski definition) is 1. The monoisotopic (exact) mass is 307 g/mol. The fourth-order valence-electron chi connectivity index (χ4n) is 2.95. The lowest BCUT2D eigenvalue weighted by Gasteiger charge is -2.33. The number of aliphatic hydroxyl groups is 1. The maximum Gasteiger partial charge on any atom is 0.123 e. The molecule has 0 fully saturated rings. The van der Waals surface area contributed by atoms with Gasteiger partial charge in [0.15, 0.2) is 0 Å². The van der Waals surface area contributed by atoms with Crippen molar-refractivity contribution in [3.8, 4) is 0 Å². The highest BCUT2D eigenvalue weighted by Crippen LogP contribution is 2.40. The lowest BCUT2D eigenvalue weighted by Crippen LogP contribution is -2.31. The summed E-state index contributed by atoms with van der Waals surface area (Å²) in [5.74, 6) is -0.762. The summed E-state index contributed by atoms with van der Waals surface area (Å²) >= 11 is 0. The third kappa shape index (κ3) is 3.15. The van der Waals surface area contributed by atoms with Gasteiger partial charge >= 0.3 is 0 Å². The number of aromatic nitrogens is 1. The second kappa shape index (κ2) is 6.31. The van der Waals surface area contributed by atoms with Crippen LogP contribution in [0.4, 0.5) is 4.39 Å². The van der Waals surface area contributed by atoms with Crippen LogP contribution >= 0.6 is 0 Å². The number of pyridine rings is 1. The van der Waals surface area contributed by atoms with Crippen molar-refractivity contribution in [2.75, 3.05) is 0 Å². The van der Waals surface area contributed by atoms with Crippen LogP contribution in [0.5, 0.6) is 0 Å². The van der Waals surface area contributed by atoms with Crippen LogP contribution in [-0.2, 0) is 5.60 Å². The molecule has 2 nitrogen and oxygen atoms in total. The topological polar surface area (TPSA) is 33.1 Å². The SMILES string of the molecule is C[C@](O)(c1cccc(F)c1)[C@H](c1ccccc1)c1ccccn1. The van der Waals surface area contributed by atoms with Crippen molar-refractivity contribution in [1.29, 1.82) is 0 Å². The predicted molar refractivity (Wildman–Crippen MR) is 88.5 cm³/mol. The van der Waals surface area contributed by atoms with E-state index in [2.05, 4.69) is 4.98 Å². The van der Waals surface area contributed by atoms with Crippen molar-refractivity contribution in [3.63, 3.8) is 0 Å². The molecule has 0 aliphatic rings. The Kier molecular flexibility index (Phi) is 4.22. The normalized spacial score (nSPS) is 14.9. The van der Waals surface area contributed by atoms with Gasteiger partial charge in [0.2, 0.25) is 0 Å². The zero-order valence-corrected chi connectivity index (χ0v) is 12.9. The zero-order valence-electron chi connectivity index (χ0n) is 12.9. The van der Waals surface area contributed by atoms with E-state index in [1.807, 2.05) is 48.5 Å². The molecule has 1 heterocycles. The van der Waals surface area contributed by atoms with E-state index in [9.17, 15) is 9.50 Å². The summed E-state index contributed by atoms with van der Waals surface area (Å²) in [6.45, 7) is 1.70. The smallest absolute Gasteiger partial charge is 0.123 e. The largest absolute Gasteiger partial charge is 0.384 e. The molecule has 116 valence electrons. The Morgan fingerprint density at radius 1 is 0.957 bits per heavy atom. The lowest BCUT2D eigenvalue weighted by atomic mass is 9.76. The van der Waals surface area contributed by atoms with Crippen LogP contribution in [0.15, 0.2) is 79.0 Å². The molecule has 23 heavy (non-hydrogen) atoms. The van der Waals surface area contributed by atoms with E-state index >= 15 is 0 Å². The Hall–Kier alpha value is -2.52. The third-order valence-corrected chi connectivity index (χ3v) is 4.09. The van der Waals surface area contributed by atoms with E-state index < -0.39 is 11.5 Å². The fraction of sp³-hybridized carbons (Fsp3) is 0.150. The zero-order chi connectivity index (χ0) is 16.3. The van der Waals surface area contributed by atoms with Crippen LogP contribution in [-0.4, -0.2) is 10.1 Å². The maximum atomic E-state index is 13.6. The average molecular weight is 307 g/mol. The van der Waals surface area contributed by atoms with E-state index in [0.717, 1.165) is 11.3 Å². The molecule has 2 atom stereocenters. The number of halogens is 1. The van der Waals surface area contributed by atoms with Crippen molar-refractivity contribution in [3.05, 3.63) is 102 Å². The molecule has 0 spiro atoms. The molecule has 0 saturated heterocycles. The minimum atomic E-state index is -1.29. The minimum absolute atomic E-state index is 0.365. The summed E-state index contributed by atoms with van der Waals surface area (Å²) in [6.07, 6.45) is 1.70. The predicted octanol–water partition coefficient (Wildman–Crippen LogP) is 4.26. The van der Waals surface area contributed by atoms with Crippen LogP contribution in [0.1, 0.15) is 29.7 Å².